The van der Waals surface area contributed by atoms with Gasteiger partial charge in [-0.15, -0.1) is 0 Å². The first kappa shape index (κ1) is 21.3. The molecule has 0 fully saturated rings. The molecule has 0 saturated heterocycles. The smallest absolute Gasteiger partial charge is 0.240 e. The number of nitrogens with zero attached hydrogens (tertiary/aromatic N) is 1. The number of para-hydroxylation sites is 1. The highest BCUT2D eigenvalue weighted by molar-refractivity contribution is 7.89. The maximum atomic E-state index is 12.9. The third kappa shape index (κ3) is 4.86. The molecule has 1 heterocycles. The van der Waals surface area contributed by atoms with E-state index >= 15 is 0 Å². The molecule has 0 radical (unpaired) electrons. The molecule has 1 atom stereocenters. The Kier molecular flexibility index (Phi) is 6.20. The molecule has 1 N–H and O–H groups in total. The van der Waals surface area contributed by atoms with E-state index in [0.29, 0.717) is 12.8 Å². The van der Waals surface area contributed by atoms with E-state index in [1.54, 1.807) is 24.3 Å². The normalized spacial score (nSPS) is 15.6. The Labute approximate surface area is 183 Å². The van der Waals surface area contributed by atoms with Crippen LogP contribution >= 0.6 is 0 Å². The first-order chi connectivity index (χ1) is 14.9. The minimum Gasteiger partial charge on any atom is -0.309 e. The van der Waals surface area contributed by atoms with Crippen molar-refractivity contribution in [2.24, 2.45) is 0 Å². The van der Waals surface area contributed by atoms with Crippen LogP contribution in [0.4, 0.5) is 5.69 Å². The molecule has 0 unspecified atom stereocenters. The highest BCUT2D eigenvalue weighted by atomic mass is 32.2. The molecule has 160 valence electrons. The first-order valence-electron chi connectivity index (χ1n) is 10.5. The molecule has 4 rings (SSSR count). The predicted octanol–water partition coefficient (Wildman–Crippen LogP) is 4.08. The monoisotopic (exact) mass is 434 g/mol. The zero-order chi connectivity index (χ0) is 21.8. The van der Waals surface area contributed by atoms with Crippen LogP contribution in [0.15, 0.2) is 83.8 Å². The third-order valence-electron chi connectivity index (χ3n) is 5.65. The van der Waals surface area contributed by atoms with Gasteiger partial charge in [-0.05, 0) is 54.7 Å². The van der Waals surface area contributed by atoms with Crippen LogP contribution in [-0.4, -0.2) is 20.4 Å². The summed E-state index contributed by atoms with van der Waals surface area (Å²) in [6, 6.07) is 24.4. The molecule has 6 heteroatoms. The number of fused-ring (bicyclic) bond motifs is 1. The number of nitrogens with one attached hydrogen (secondary N) is 1. The molecule has 1 aliphatic rings. The summed E-state index contributed by atoms with van der Waals surface area (Å²) in [6.07, 6.45) is 1.84. The quantitative estimate of drug-likeness (QED) is 0.609. The van der Waals surface area contributed by atoms with Gasteiger partial charge in [-0.2, -0.15) is 0 Å². The minimum atomic E-state index is -3.59. The number of carbonyl (C=O) groups excluding carboxylic acids is 1. The van der Waals surface area contributed by atoms with E-state index in [2.05, 4.69) is 17.7 Å². The van der Waals surface area contributed by atoms with Crippen LogP contribution in [0.3, 0.4) is 0 Å². The molecular formula is C25H26N2O3S. The molecule has 3 aromatic rings. The Bertz CT molecular complexity index is 1160. The number of aryl methyl sites for hydroxylation is 1. The summed E-state index contributed by atoms with van der Waals surface area (Å²) in [4.78, 5) is 15.0. The summed E-state index contributed by atoms with van der Waals surface area (Å²) in [5.41, 5.74) is 4.06. The zero-order valence-corrected chi connectivity index (χ0v) is 18.3. The van der Waals surface area contributed by atoms with E-state index in [1.165, 1.54) is 5.56 Å². The standard InChI is InChI=1S/C25H26N2O3S/c1-19-17-22-9-5-6-10-24(22)27(19)25(28)16-13-20-11-14-23(15-12-20)31(29,30)26-18-21-7-3-2-4-8-21/h2-12,14-15,19,26H,13,16-18H2,1H3/t19-/m0/s1. The van der Waals surface area contributed by atoms with Crippen molar-refractivity contribution >= 4 is 21.6 Å². The van der Waals surface area contributed by atoms with E-state index < -0.39 is 10.0 Å². The Morgan fingerprint density at radius 1 is 0.935 bits per heavy atom. The fourth-order valence-corrected chi connectivity index (χ4v) is 5.03. The van der Waals surface area contributed by atoms with Crippen LogP contribution in [0.1, 0.15) is 30.0 Å². The number of rotatable bonds is 7. The molecule has 0 aromatic heterocycles. The molecule has 0 bridgehead atoms. The fourth-order valence-electron chi connectivity index (χ4n) is 4.01. The van der Waals surface area contributed by atoms with E-state index in [0.717, 1.165) is 23.2 Å². The van der Waals surface area contributed by atoms with Crippen molar-refractivity contribution in [1.82, 2.24) is 4.72 Å². The van der Waals surface area contributed by atoms with Crippen LogP contribution in [0.25, 0.3) is 0 Å². The van der Waals surface area contributed by atoms with E-state index in [1.807, 2.05) is 53.4 Å². The topological polar surface area (TPSA) is 66.5 Å². The predicted molar refractivity (Wildman–Crippen MR) is 122 cm³/mol. The second-order valence-electron chi connectivity index (χ2n) is 7.90. The molecule has 3 aromatic carbocycles. The number of benzene rings is 3. The van der Waals surface area contributed by atoms with E-state index in [9.17, 15) is 13.2 Å². The number of anilines is 1. The van der Waals surface area contributed by atoms with Gasteiger partial charge >= 0.3 is 0 Å². The van der Waals surface area contributed by atoms with Gasteiger partial charge in [-0.1, -0.05) is 60.7 Å². The van der Waals surface area contributed by atoms with Gasteiger partial charge in [0.15, 0.2) is 0 Å². The van der Waals surface area contributed by atoms with Gasteiger partial charge in [0.05, 0.1) is 4.90 Å². The van der Waals surface area contributed by atoms with Gasteiger partial charge in [0.2, 0.25) is 15.9 Å². The van der Waals surface area contributed by atoms with Gasteiger partial charge in [0.1, 0.15) is 0 Å². The molecule has 5 nitrogen and oxygen atoms in total. The summed E-state index contributed by atoms with van der Waals surface area (Å²) in [7, 11) is -3.59. The summed E-state index contributed by atoms with van der Waals surface area (Å²) < 4.78 is 27.7. The average molecular weight is 435 g/mol. The van der Waals surface area contributed by atoms with Crippen molar-refractivity contribution < 1.29 is 13.2 Å². The maximum absolute atomic E-state index is 12.9. The highest BCUT2D eigenvalue weighted by Crippen LogP contribution is 2.32. The van der Waals surface area contributed by atoms with Crippen molar-refractivity contribution in [2.45, 2.75) is 43.7 Å². The summed E-state index contributed by atoms with van der Waals surface area (Å²) in [5, 5.41) is 0. The molecule has 0 saturated carbocycles. The van der Waals surface area contributed by atoms with Gasteiger partial charge in [-0.3, -0.25) is 4.79 Å². The van der Waals surface area contributed by atoms with Gasteiger partial charge < -0.3 is 4.90 Å². The Hall–Kier alpha value is -2.96. The number of sulfonamides is 1. The van der Waals surface area contributed by atoms with Crippen LogP contribution < -0.4 is 9.62 Å². The van der Waals surface area contributed by atoms with Gasteiger partial charge in [0, 0.05) is 24.7 Å². The lowest BCUT2D eigenvalue weighted by Crippen LogP contribution is -2.35. The van der Waals surface area contributed by atoms with Crippen molar-refractivity contribution in [3.05, 3.63) is 95.6 Å². The summed E-state index contributed by atoms with van der Waals surface area (Å²) >= 11 is 0. The molecular weight excluding hydrogens is 408 g/mol. The van der Waals surface area contributed by atoms with Crippen LogP contribution in [-0.2, 0) is 34.2 Å². The van der Waals surface area contributed by atoms with E-state index in [4.69, 9.17) is 0 Å². The van der Waals surface area contributed by atoms with Crippen LogP contribution in [0, 0.1) is 0 Å². The second kappa shape index (κ2) is 9.04. The van der Waals surface area contributed by atoms with Crippen molar-refractivity contribution in [1.29, 1.82) is 0 Å². The lowest BCUT2D eigenvalue weighted by molar-refractivity contribution is -0.118. The molecule has 1 aliphatic heterocycles. The number of hydrogen-bond acceptors (Lipinski definition) is 3. The van der Waals surface area contributed by atoms with Gasteiger partial charge in [0.25, 0.3) is 0 Å². The fraction of sp³-hybridized carbons (Fsp3) is 0.240. The van der Waals surface area contributed by atoms with Crippen LogP contribution in [0.5, 0.6) is 0 Å². The molecule has 0 spiro atoms. The molecule has 31 heavy (non-hydrogen) atoms. The zero-order valence-electron chi connectivity index (χ0n) is 17.5. The number of carbonyl (C=O) groups is 1. The van der Waals surface area contributed by atoms with Crippen LogP contribution in [0.2, 0.25) is 0 Å². The van der Waals surface area contributed by atoms with E-state index in [-0.39, 0.29) is 23.4 Å². The first-order valence-corrected chi connectivity index (χ1v) is 11.9. The SMILES string of the molecule is C[C@H]1Cc2ccccc2N1C(=O)CCc1ccc(S(=O)(=O)NCc2ccccc2)cc1. The maximum Gasteiger partial charge on any atom is 0.240 e. The Balaban J connectivity index is 1.36. The highest BCUT2D eigenvalue weighted by Gasteiger charge is 2.30. The second-order valence-corrected chi connectivity index (χ2v) is 9.67. The third-order valence-corrected chi connectivity index (χ3v) is 7.06. The summed E-state index contributed by atoms with van der Waals surface area (Å²) in [5.74, 6) is 0.0960. The lowest BCUT2D eigenvalue weighted by Gasteiger charge is -2.22. The van der Waals surface area contributed by atoms with Crippen molar-refractivity contribution in [3.63, 3.8) is 0 Å². The largest absolute Gasteiger partial charge is 0.309 e. The molecule has 1 amide bonds. The van der Waals surface area contributed by atoms with Crippen molar-refractivity contribution in [3.8, 4) is 0 Å². The Morgan fingerprint density at radius 3 is 2.35 bits per heavy atom. The summed E-state index contributed by atoms with van der Waals surface area (Å²) in [6.45, 7) is 2.31. The number of hydrogen-bond donors (Lipinski definition) is 1. The minimum absolute atomic E-state index is 0.0960. The lowest BCUT2D eigenvalue weighted by atomic mass is 10.1. The Morgan fingerprint density at radius 2 is 1.61 bits per heavy atom. The van der Waals surface area contributed by atoms with Gasteiger partial charge in [-0.25, -0.2) is 13.1 Å². The molecule has 0 aliphatic carbocycles. The average Bonchev–Trinajstić information content (AvgIpc) is 3.13. The van der Waals surface area contributed by atoms with Crippen molar-refractivity contribution in [2.75, 3.05) is 4.90 Å². The number of amides is 1.